The Morgan fingerprint density at radius 1 is 1.36 bits per heavy atom. The van der Waals surface area contributed by atoms with Crippen molar-refractivity contribution in [1.29, 1.82) is 0 Å². The van der Waals surface area contributed by atoms with Crippen molar-refractivity contribution >= 4 is 23.0 Å². The zero-order valence-electron chi connectivity index (χ0n) is 14.4. The molecule has 1 fully saturated rings. The van der Waals surface area contributed by atoms with Gasteiger partial charge in [-0.15, -0.1) is 0 Å². The lowest BCUT2D eigenvalue weighted by Gasteiger charge is -2.30. The smallest absolute Gasteiger partial charge is 0.317 e. The normalized spacial score (nSPS) is 17.6. The summed E-state index contributed by atoms with van der Waals surface area (Å²) < 4.78 is 2.16. The van der Waals surface area contributed by atoms with Gasteiger partial charge in [-0.25, -0.2) is 9.78 Å². The third kappa shape index (κ3) is 3.75. The summed E-state index contributed by atoms with van der Waals surface area (Å²) in [6.45, 7) is 4.29. The summed E-state index contributed by atoms with van der Waals surface area (Å²) in [4.78, 5) is 29.6. The molecule has 1 saturated heterocycles. The molecule has 134 valence electrons. The number of urea groups is 1. The van der Waals surface area contributed by atoms with Crippen molar-refractivity contribution in [2.45, 2.75) is 32.7 Å². The maximum absolute atomic E-state index is 12.3. The maximum Gasteiger partial charge on any atom is 0.317 e. The molecule has 0 spiro atoms. The number of nitrogens with one attached hydrogen (secondary N) is 1. The fourth-order valence-corrected chi connectivity index (χ4v) is 3.43. The van der Waals surface area contributed by atoms with Crippen LogP contribution in [0.4, 0.5) is 4.79 Å². The Labute approximate surface area is 146 Å². The minimum atomic E-state index is -0.825. The Kier molecular flexibility index (Phi) is 5.21. The zero-order valence-corrected chi connectivity index (χ0v) is 14.4. The summed E-state index contributed by atoms with van der Waals surface area (Å²) >= 11 is 0. The number of aliphatic carboxylic acids is 1. The van der Waals surface area contributed by atoms with Crippen molar-refractivity contribution in [1.82, 2.24) is 19.8 Å². The maximum atomic E-state index is 12.3. The Balaban J connectivity index is 1.57. The van der Waals surface area contributed by atoms with Crippen LogP contribution in [0.25, 0.3) is 11.0 Å². The number of imidazole rings is 1. The Bertz CT molecular complexity index is 771. The summed E-state index contributed by atoms with van der Waals surface area (Å²) in [5.41, 5.74) is 2.07. The highest BCUT2D eigenvalue weighted by Gasteiger charge is 2.27. The van der Waals surface area contributed by atoms with Crippen molar-refractivity contribution < 1.29 is 14.7 Å². The van der Waals surface area contributed by atoms with Gasteiger partial charge < -0.3 is 19.9 Å². The summed E-state index contributed by atoms with van der Waals surface area (Å²) in [7, 11) is 0. The average Bonchev–Trinajstić information content (AvgIpc) is 2.99. The molecule has 2 amide bonds. The molecule has 0 aliphatic carbocycles. The number of carbonyl (C=O) groups excluding carboxylic acids is 1. The standard InChI is InChI=1S/C18H24N4O3/c1-2-22-15-8-4-3-7-14(15)20-16(22)9-10-19-18(25)21-11-5-6-13(12-21)17(23)24/h3-4,7-8,13H,2,5-6,9-12H2,1H3,(H,19,25)(H,23,24). The topological polar surface area (TPSA) is 87.5 Å². The Morgan fingerprint density at radius 3 is 2.92 bits per heavy atom. The molecule has 2 heterocycles. The van der Waals surface area contributed by atoms with E-state index >= 15 is 0 Å². The highest BCUT2D eigenvalue weighted by Crippen LogP contribution is 2.17. The van der Waals surface area contributed by atoms with Gasteiger partial charge in [-0.2, -0.15) is 0 Å². The SMILES string of the molecule is CCn1c(CCNC(=O)N2CCCC(C(=O)O)C2)nc2ccccc21. The van der Waals surface area contributed by atoms with Gasteiger partial charge in [-0.1, -0.05) is 12.1 Å². The predicted octanol–water partition coefficient (Wildman–Crippen LogP) is 2.10. The predicted molar refractivity (Wildman–Crippen MR) is 94.4 cm³/mol. The summed E-state index contributed by atoms with van der Waals surface area (Å²) in [5, 5.41) is 12.0. The number of aromatic nitrogens is 2. The van der Waals surface area contributed by atoms with Crippen molar-refractivity contribution in [2.75, 3.05) is 19.6 Å². The Morgan fingerprint density at radius 2 is 2.16 bits per heavy atom. The number of rotatable bonds is 5. The molecule has 1 aliphatic heterocycles. The largest absolute Gasteiger partial charge is 0.481 e. The first-order valence-corrected chi connectivity index (χ1v) is 8.80. The number of hydrogen-bond donors (Lipinski definition) is 2. The van der Waals surface area contributed by atoms with Crippen molar-refractivity contribution in [3.63, 3.8) is 0 Å². The van der Waals surface area contributed by atoms with E-state index in [1.54, 1.807) is 4.90 Å². The van der Waals surface area contributed by atoms with E-state index in [9.17, 15) is 9.59 Å². The number of amides is 2. The summed E-state index contributed by atoms with van der Waals surface area (Å²) in [6.07, 6.45) is 2.01. The number of carbonyl (C=O) groups is 2. The van der Waals surface area contributed by atoms with Crippen LogP contribution in [0, 0.1) is 5.92 Å². The first-order chi connectivity index (χ1) is 12.1. The number of carboxylic acid groups (broad SMARTS) is 1. The second-order valence-corrected chi connectivity index (χ2v) is 6.37. The van der Waals surface area contributed by atoms with Crippen molar-refractivity contribution in [2.24, 2.45) is 5.92 Å². The van der Waals surface area contributed by atoms with Crippen molar-refractivity contribution in [3.8, 4) is 0 Å². The van der Waals surface area contributed by atoms with E-state index in [2.05, 4.69) is 21.8 Å². The van der Waals surface area contributed by atoms with Gasteiger partial charge in [0.15, 0.2) is 0 Å². The first kappa shape index (κ1) is 17.3. The third-order valence-corrected chi connectivity index (χ3v) is 4.73. The van der Waals surface area contributed by atoms with E-state index < -0.39 is 11.9 Å². The molecule has 1 aromatic heterocycles. The molecule has 2 aromatic rings. The third-order valence-electron chi connectivity index (χ3n) is 4.73. The molecule has 3 rings (SSSR count). The first-order valence-electron chi connectivity index (χ1n) is 8.80. The summed E-state index contributed by atoms with van der Waals surface area (Å²) in [6, 6.07) is 7.81. The molecular weight excluding hydrogens is 320 g/mol. The number of likely N-dealkylation sites (tertiary alicyclic amines) is 1. The fourth-order valence-electron chi connectivity index (χ4n) is 3.43. The number of hydrogen-bond acceptors (Lipinski definition) is 3. The van der Waals surface area contributed by atoms with E-state index in [0.717, 1.165) is 29.8 Å². The lowest BCUT2D eigenvalue weighted by atomic mass is 9.99. The number of para-hydroxylation sites is 2. The number of piperidine rings is 1. The molecule has 1 atom stereocenters. The average molecular weight is 344 g/mol. The van der Waals surface area contributed by atoms with E-state index in [1.807, 2.05) is 24.3 Å². The van der Waals surface area contributed by atoms with E-state index in [0.29, 0.717) is 25.9 Å². The molecule has 25 heavy (non-hydrogen) atoms. The van der Waals surface area contributed by atoms with E-state index in [1.165, 1.54) is 0 Å². The molecule has 0 bridgehead atoms. The summed E-state index contributed by atoms with van der Waals surface area (Å²) in [5.74, 6) is -0.330. The minimum Gasteiger partial charge on any atom is -0.481 e. The molecule has 1 aromatic carbocycles. The van der Waals surface area contributed by atoms with Crippen LogP contribution in [0.5, 0.6) is 0 Å². The van der Waals surface area contributed by atoms with Crippen LogP contribution in [0.3, 0.4) is 0 Å². The van der Waals surface area contributed by atoms with Gasteiger partial charge in [0.2, 0.25) is 0 Å². The number of nitrogens with zero attached hydrogens (tertiary/aromatic N) is 3. The van der Waals surface area contributed by atoms with Gasteiger partial charge in [-0.3, -0.25) is 4.79 Å². The highest BCUT2D eigenvalue weighted by molar-refractivity contribution is 5.77. The fraction of sp³-hybridized carbons (Fsp3) is 0.500. The number of benzene rings is 1. The molecule has 7 heteroatoms. The molecule has 7 nitrogen and oxygen atoms in total. The monoisotopic (exact) mass is 344 g/mol. The number of aryl methyl sites for hydroxylation is 1. The molecule has 0 radical (unpaired) electrons. The zero-order chi connectivity index (χ0) is 17.8. The van der Waals surface area contributed by atoms with Crippen LogP contribution in [-0.4, -0.2) is 51.2 Å². The van der Waals surface area contributed by atoms with Gasteiger partial charge in [0.05, 0.1) is 17.0 Å². The van der Waals surface area contributed by atoms with Gasteiger partial charge in [0, 0.05) is 32.6 Å². The lowest BCUT2D eigenvalue weighted by Crippen LogP contribution is -2.47. The molecular formula is C18H24N4O3. The van der Waals surface area contributed by atoms with Crippen LogP contribution in [0.15, 0.2) is 24.3 Å². The minimum absolute atomic E-state index is 0.190. The molecule has 0 saturated carbocycles. The van der Waals surface area contributed by atoms with Crippen molar-refractivity contribution in [3.05, 3.63) is 30.1 Å². The van der Waals surface area contributed by atoms with E-state index in [-0.39, 0.29) is 12.6 Å². The van der Waals surface area contributed by atoms with E-state index in [4.69, 9.17) is 5.11 Å². The van der Waals surface area contributed by atoms with Crippen LogP contribution < -0.4 is 5.32 Å². The van der Waals surface area contributed by atoms with Gasteiger partial charge in [-0.05, 0) is 31.9 Å². The highest BCUT2D eigenvalue weighted by atomic mass is 16.4. The van der Waals surface area contributed by atoms with Crippen LogP contribution >= 0.6 is 0 Å². The van der Waals surface area contributed by atoms with Crippen LogP contribution in [0.2, 0.25) is 0 Å². The van der Waals surface area contributed by atoms with Crippen LogP contribution in [-0.2, 0) is 17.8 Å². The second-order valence-electron chi connectivity index (χ2n) is 6.37. The number of fused-ring (bicyclic) bond motifs is 1. The molecule has 2 N–H and O–H groups in total. The number of carboxylic acids is 1. The lowest BCUT2D eigenvalue weighted by molar-refractivity contribution is -0.143. The molecule has 1 aliphatic rings. The van der Waals surface area contributed by atoms with Gasteiger partial charge >= 0.3 is 12.0 Å². The van der Waals surface area contributed by atoms with Gasteiger partial charge in [0.25, 0.3) is 0 Å². The Hall–Kier alpha value is -2.57. The second kappa shape index (κ2) is 7.55. The quantitative estimate of drug-likeness (QED) is 0.869. The van der Waals surface area contributed by atoms with Crippen LogP contribution in [0.1, 0.15) is 25.6 Å². The molecule has 1 unspecified atom stereocenters. The van der Waals surface area contributed by atoms with Gasteiger partial charge in [0.1, 0.15) is 5.82 Å².